The van der Waals surface area contributed by atoms with Crippen molar-refractivity contribution in [3.63, 3.8) is 0 Å². The normalized spacial score (nSPS) is 15.8. The molecular weight excluding hydrogens is 374 g/mol. The van der Waals surface area contributed by atoms with Crippen LogP contribution in [0.15, 0.2) is 91.0 Å². The Labute approximate surface area is 176 Å². The molecule has 1 fully saturated rings. The lowest BCUT2D eigenvalue weighted by Gasteiger charge is -2.25. The first kappa shape index (κ1) is 19.7. The van der Waals surface area contributed by atoms with Crippen LogP contribution >= 0.6 is 0 Å². The molecule has 0 aromatic heterocycles. The Bertz CT molecular complexity index is 936. The van der Waals surface area contributed by atoms with Crippen LogP contribution in [0.25, 0.3) is 0 Å². The monoisotopic (exact) mass is 399 g/mol. The number of amides is 3. The van der Waals surface area contributed by atoms with Crippen LogP contribution in [0.4, 0.5) is 10.5 Å². The average Bonchev–Trinajstić information content (AvgIpc) is 3.15. The predicted molar refractivity (Wildman–Crippen MR) is 118 cm³/mol. The zero-order valence-electron chi connectivity index (χ0n) is 16.8. The largest absolute Gasteiger partial charge is 0.333 e. The van der Waals surface area contributed by atoms with Crippen molar-refractivity contribution in [3.8, 4) is 0 Å². The molecule has 1 N–H and O–H groups in total. The SMILES string of the molecule is O=C(N[C@H]1CC(=O)N(c2ccccc2)C1)N(Cc1ccccc1)Cc1ccccc1. The van der Waals surface area contributed by atoms with E-state index in [4.69, 9.17) is 0 Å². The second-order valence-corrected chi connectivity index (χ2v) is 7.52. The number of para-hydroxylation sites is 1. The Morgan fingerprint density at radius 3 is 1.87 bits per heavy atom. The van der Waals surface area contributed by atoms with Gasteiger partial charge in [0.1, 0.15) is 0 Å². The number of nitrogens with one attached hydrogen (secondary N) is 1. The number of carbonyl (C=O) groups excluding carboxylic acids is 2. The average molecular weight is 399 g/mol. The summed E-state index contributed by atoms with van der Waals surface area (Å²) in [7, 11) is 0. The summed E-state index contributed by atoms with van der Waals surface area (Å²) < 4.78 is 0. The summed E-state index contributed by atoms with van der Waals surface area (Å²) in [6.07, 6.45) is 0.311. The Morgan fingerprint density at radius 1 is 0.833 bits per heavy atom. The van der Waals surface area contributed by atoms with Crippen molar-refractivity contribution >= 4 is 17.6 Å². The molecule has 4 rings (SSSR count). The Kier molecular flexibility index (Phi) is 6.09. The van der Waals surface area contributed by atoms with Crippen LogP contribution in [0.2, 0.25) is 0 Å². The maximum absolute atomic E-state index is 13.1. The molecule has 5 nitrogen and oxygen atoms in total. The van der Waals surface area contributed by atoms with Crippen molar-refractivity contribution in [2.75, 3.05) is 11.4 Å². The minimum Gasteiger partial charge on any atom is -0.333 e. The molecule has 0 bridgehead atoms. The van der Waals surface area contributed by atoms with E-state index in [1.165, 1.54) is 0 Å². The number of benzene rings is 3. The minimum atomic E-state index is -0.209. The summed E-state index contributed by atoms with van der Waals surface area (Å²) in [6, 6.07) is 29.1. The topological polar surface area (TPSA) is 52.7 Å². The lowest BCUT2D eigenvalue weighted by Crippen LogP contribution is -2.45. The van der Waals surface area contributed by atoms with Gasteiger partial charge in [-0.2, -0.15) is 0 Å². The first-order chi connectivity index (χ1) is 14.7. The lowest BCUT2D eigenvalue weighted by molar-refractivity contribution is -0.117. The molecule has 1 atom stereocenters. The van der Waals surface area contributed by atoms with Crippen molar-refractivity contribution in [1.82, 2.24) is 10.2 Å². The third-order valence-electron chi connectivity index (χ3n) is 5.24. The molecule has 1 aliphatic heterocycles. The summed E-state index contributed by atoms with van der Waals surface area (Å²) in [6.45, 7) is 1.49. The van der Waals surface area contributed by atoms with Crippen LogP contribution in [-0.4, -0.2) is 29.4 Å². The van der Waals surface area contributed by atoms with Gasteiger partial charge >= 0.3 is 6.03 Å². The van der Waals surface area contributed by atoms with E-state index in [-0.39, 0.29) is 18.0 Å². The van der Waals surface area contributed by atoms with Gasteiger partial charge in [-0.05, 0) is 23.3 Å². The van der Waals surface area contributed by atoms with Gasteiger partial charge in [0.05, 0.1) is 6.04 Å². The molecule has 0 radical (unpaired) electrons. The van der Waals surface area contributed by atoms with E-state index in [0.29, 0.717) is 26.1 Å². The molecule has 152 valence electrons. The highest BCUT2D eigenvalue weighted by atomic mass is 16.2. The van der Waals surface area contributed by atoms with Crippen LogP contribution in [0.1, 0.15) is 17.5 Å². The molecule has 30 heavy (non-hydrogen) atoms. The van der Waals surface area contributed by atoms with Crippen molar-refractivity contribution < 1.29 is 9.59 Å². The fourth-order valence-electron chi connectivity index (χ4n) is 3.73. The molecule has 0 spiro atoms. The number of hydrogen-bond acceptors (Lipinski definition) is 2. The highest BCUT2D eigenvalue weighted by Crippen LogP contribution is 2.21. The molecule has 3 amide bonds. The number of rotatable bonds is 6. The van der Waals surface area contributed by atoms with Gasteiger partial charge in [0, 0.05) is 31.7 Å². The minimum absolute atomic E-state index is 0.0316. The number of urea groups is 1. The first-order valence-corrected chi connectivity index (χ1v) is 10.2. The molecule has 3 aromatic rings. The van der Waals surface area contributed by atoms with Gasteiger partial charge < -0.3 is 15.1 Å². The van der Waals surface area contributed by atoms with Gasteiger partial charge in [-0.3, -0.25) is 4.79 Å². The van der Waals surface area contributed by atoms with E-state index in [1.807, 2.05) is 91.0 Å². The predicted octanol–water partition coefficient (Wildman–Crippen LogP) is 4.20. The van der Waals surface area contributed by atoms with Gasteiger partial charge in [0.2, 0.25) is 5.91 Å². The number of anilines is 1. The van der Waals surface area contributed by atoms with Gasteiger partial charge in [-0.15, -0.1) is 0 Å². The van der Waals surface area contributed by atoms with E-state index < -0.39 is 0 Å². The lowest BCUT2D eigenvalue weighted by atomic mass is 10.1. The maximum Gasteiger partial charge on any atom is 0.318 e. The maximum atomic E-state index is 13.1. The molecule has 3 aromatic carbocycles. The van der Waals surface area contributed by atoms with Crippen LogP contribution in [-0.2, 0) is 17.9 Å². The molecule has 1 heterocycles. The summed E-state index contributed by atoms with van der Waals surface area (Å²) in [5.74, 6) is 0.0316. The van der Waals surface area contributed by atoms with Crippen molar-refractivity contribution in [3.05, 3.63) is 102 Å². The molecule has 0 unspecified atom stereocenters. The molecule has 1 saturated heterocycles. The zero-order chi connectivity index (χ0) is 20.8. The van der Waals surface area contributed by atoms with Gasteiger partial charge in [-0.25, -0.2) is 4.79 Å². The summed E-state index contributed by atoms with van der Waals surface area (Å²) in [4.78, 5) is 29.2. The highest BCUT2D eigenvalue weighted by molar-refractivity contribution is 5.96. The number of hydrogen-bond donors (Lipinski definition) is 1. The first-order valence-electron chi connectivity index (χ1n) is 10.2. The van der Waals surface area contributed by atoms with Crippen LogP contribution in [0, 0.1) is 0 Å². The molecular formula is C25H25N3O2. The molecule has 0 aliphatic carbocycles. The highest BCUT2D eigenvalue weighted by Gasteiger charge is 2.32. The third kappa shape index (κ3) is 4.87. The molecule has 0 saturated carbocycles. The van der Waals surface area contributed by atoms with Crippen molar-refractivity contribution in [2.45, 2.75) is 25.6 Å². The van der Waals surface area contributed by atoms with Crippen LogP contribution in [0.3, 0.4) is 0 Å². The Morgan fingerprint density at radius 2 is 1.33 bits per heavy atom. The number of carbonyl (C=O) groups is 2. The quantitative estimate of drug-likeness (QED) is 0.675. The molecule has 1 aliphatic rings. The smallest absolute Gasteiger partial charge is 0.318 e. The third-order valence-corrected chi connectivity index (χ3v) is 5.24. The van der Waals surface area contributed by atoms with E-state index in [0.717, 1.165) is 16.8 Å². The summed E-state index contributed by atoms with van der Waals surface area (Å²) in [5, 5.41) is 3.07. The Hall–Kier alpha value is -3.60. The second-order valence-electron chi connectivity index (χ2n) is 7.52. The zero-order valence-corrected chi connectivity index (χ0v) is 16.8. The summed E-state index contributed by atoms with van der Waals surface area (Å²) >= 11 is 0. The van der Waals surface area contributed by atoms with Crippen LogP contribution in [0.5, 0.6) is 0 Å². The van der Waals surface area contributed by atoms with Gasteiger partial charge in [0.15, 0.2) is 0 Å². The van der Waals surface area contributed by atoms with Crippen molar-refractivity contribution in [2.24, 2.45) is 0 Å². The Balaban J connectivity index is 1.45. The van der Waals surface area contributed by atoms with Gasteiger partial charge in [-0.1, -0.05) is 78.9 Å². The van der Waals surface area contributed by atoms with E-state index in [2.05, 4.69) is 5.32 Å². The summed E-state index contributed by atoms with van der Waals surface area (Å²) in [5.41, 5.74) is 3.00. The van der Waals surface area contributed by atoms with Crippen molar-refractivity contribution in [1.29, 1.82) is 0 Å². The standard InChI is InChI=1S/C25H25N3O2/c29-24-16-22(19-28(24)23-14-8-3-9-15-23)26-25(30)27(17-20-10-4-1-5-11-20)18-21-12-6-2-7-13-21/h1-15,22H,16-19H2,(H,26,30)/t22-/m0/s1. The van der Waals surface area contributed by atoms with E-state index in [9.17, 15) is 9.59 Å². The second kappa shape index (κ2) is 9.27. The number of nitrogens with zero attached hydrogens (tertiary/aromatic N) is 2. The van der Waals surface area contributed by atoms with E-state index in [1.54, 1.807) is 9.80 Å². The van der Waals surface area contributed by atoms with Crippen LogP contribution < -0.4 is 10.2 Å². The fourth-order valence-corrected chi connectivity index (χ4v) is 3.73. The van der Waals surface area contributed by atoms with E-state index >= 15 is 0 Å². The van der Waals surface area contributed by atoms with Gasteiger partial charge in [0.25, 0.3) is 0 Å². The fraction of sp³-hybridized carbons (Fsp3) is 0.200. The molecule has 5 heteroatoms.